The van der Waals surface area contributed by atoms with Crippen LogP contribution in [0.4, 0.5) is 5.69 Å². The van der Waals surface area contributed by atoms with Crippen molar-refractivity contribution < 1.29 is 18.3 Å². The summed E-state index contributed by atoms with van der Waals surface area (Å²) in [5, 5.41) is 12.4. The zero-order chi connectivity index (χ0) is 14.8. The average Bonchev–Trinajstić information content (AvgIpc) is 2.91. The summed E-state index contributed by atoms with van der Waals surface area (Å²) in [4.78, 5) is 11.3. The molecule has 0 heterocycles. The number of rotatable bonds is 5. The zero-order valence-corrected chi connectivity index (χ0v) is 12.0. The molecule has 0 aliphatic heterocycles. The molecule has 2 rings (SSSR count). The number of carboxylic acids is 1. The van der Waals surface area contributed by atoms with Crippen LogP contribution < -0.4 is 10.0 Å². The SMILES string of the molecule is CNS(=O)(=O)c1ccc(NC2CCCC2)c(C(=O)O)c1. The van der Waals surface area contributed by atoms with E-state index in [0.29, 0.717) is 5.69 Å². The van der Waals surface area contributed by atoms with Crippen LogP contribution >= 0.6 is 0 Å². The first-order valence-electron chi connectivity index (χ1n) is 6.51. The Labute approximate surface area is 118 Å². The molecule has 0 unspecified atom stereocenters. The van der Waals surface area contributed by atoms with Crippen LogP contribution in [0.5, 0.6) is 0 Å². The van der Waals surface area contributed by atoms with Crippen molar-refractivity contribution in [3.8, 4) is 0 Å². The Hall–Kier alpha value is -1.60. The van der Waals surface area contributed by atoms with Gasteiger partial charge in [-0.1, -0.05) is 12.8 Å². The Bertz CT molecular complexity index is 607. The van der Waals surface area contributed by atoms with Crippen LogP contribution in [0.1, 0.15) is 36.0 Å². The minimum Gasteiger partial charge on any atom is -0.478 e. The maximum absolute atomic E-state index is 11.7. The fraction of sp³-hybridized carbons (Fsp3) is 0.462. The van der Waals surface area contributed by atoms with Crippen LogP contribution in [0.15, 0.2) is 23.1 Å². The molecule has 0 aromatic heterocycles. The Morgan fingerprint density at radius 3 is 2.50 bits per heavy atom. The van der Waals surface area contributed by atoms with E-state index in [1.54, 1.807) is 0 Å². The molecular formula is C13H18N2O4S. The van der Waals surface area contributed by atoms with E-state index in [1.807, 2.05) is 0 Å². The number of aromatic carboxylic acids is 1. The van der Waals surface area contributed by atoms with Gasteiger partial charge in [-0.15, -0.1) is 0 Å². The first-order valence-corrected chi connectivity index (χ1v) is 8.00. The molecule has 1 aromatic carbocycles. The highest BCUT2D eigenvalue weighted by Crippen LogP contribution is 2.26. The molecule has 1 aromatic rings. The number of hydrogen-bond acceptors (Lipinski definition) is 4. The van der Waals surface area contributed by atoms with Crippen LogP contribution in [-0.2, 0) is 10.0 Å². The lowest BCUT2D eigenvalue weighted by Crippen LogP contribution is -2.20. The van der Waals surface area contributed by atoms with Crippen LogP contribution in [0, 0.1) is 0 Å². The van der Waals surface area contributed by atoms with E-state index in [1.165, 1.54) is 25.2 Å². The molecule has 0 saturated heterocycles. The molecule has 20 heavy (non-hydrogen) atoms. The zero-order valence-electron chi connectivity index (χ0n) is 11.2. The maximum atomic E-state index is 11.7. The summed E-state index contributed by atoms with van der Waals surface area (Å²) < 4.78 is 25.6. The van der Waals surface area contributed by atoms with E-state index in [0.717, 1.165) is 25.7 Å². The summed E-state index contributed by atoms with van der Waals surface area (Å²) >= 11 is 0. The van der Waals surface area contributed by atoms with Gasteiger partial charge in [0.1, 0.15) is 0 Å². The third-order valence-electron chi connectivity index (χ3n) is 3.52. The number of anilines is 1. The predicted octanol–water partition coefficient (Wildman–Crippen LogP) is 1.65. The topological polar surface area (TPSA) is 95.5 Å². The number of benzene rings is 1. The molecule has 110 valence electrons. The minimum atomic E-state index is -3.64. The molecule has 1 fully saturated rings. The molecule has 0 amide bonds. The van der Waals surface area contributed by atoms with Crippen LogP contribution in [-0.4, -0.2) is 32.6 Å². The molecule has 1 aliphatic rings. The number of nitrogens with one attached hydrogen (secondary N) is 2. The molecule has 0 bridgehead atoms. The molecule has 6 nitrogen and oxygen atoms in total. The summed E-state index contributed by atoms with van der Waals surface area (Å²) in [6.07, 6.45) is 4.28. The van der Waals surface area contributed by atoms with Crippen molar-refractivity contribution in [3.63, 3.8) is 0 Å². The van der Waals surface area contributed by atoms with E-state index in [-0.39, 0.29) is 16.5 Å². The van der Waals surface area contributed by atoms with Crippen molar-refractivity contribution >= 4 is 21.7 Å². The maximum Gasteiger partial charge on any atom is 0.337 e. The first kappa shape index (κ1) is 14.8. The number of carbonyl (C=O) groups is 1. The van der Waals surface area contributed by atoms with Crippen molar-refractivity contribution in [1.29, 1.82) is 0 Å². The summed E-state index contributed by atoms with van der Waals surface area (Å²) in [6.45, 7) is 0. The lowest BCUT2D eigenvalue weighted by molar-refractivity contribution is 0.0697. The van der Waals surface area contributed by atoms with Gasteiger partial charge in [-0.25, -0.2) is 17.9 Å². The quantitative estimate of drug-likeness (QED) is 0.768. The van der Waals surface area contributed by atoms with Gasteiger partial charge in [0.2, 0.25) is 10.0 Å². The first-order chi connectivity index (χ1) is 9.44. The number of hydrogen-bond donors (Lipinski definition) is 3. The average molecular weight is 298 g/mol. The molecule has 1 aliphatic carbocycles. The summed E-state index contributed by atoms with van der Waals surface area (Å²) in [7, 11) is -2.35. The lowest BCUT2D eigenvalue weighted by Gasteiger charge is -2.16. The van der Waals surface area contributed by atoms with Crippen LogP contribution in [0.25, 0.3) is 0 Å². The molecule has 3 N–H and O–H groups in total. The van der Waals surface area contributed by atoms with Gasteiger partial charge in [0.15, 0.2) is 0 Å². The van der Waals surface area contributed by atoms with E-state index < -0.39 is 16.0 Å². The van der Waals surface area contributed by atoms with Crippen molar-refractivity contribution in [1.82, 2.24) is 4.72 Å². The fourth-order valence-corrected chi connectivity index (χ4v) is 3.16. The predicted molar refractivity (Wildman–Crippen MR) is 75.5 cm³/mol. The Kier molecular flexibility index (Phi) is 4.29. The molecular weight excluding hydrogens is 280 g/mol. The molecule has 0 radical (unpaired) electrons. The lowest BCUT2D eigenvalue weighted by atomic mass is 10.1. The Balaban J connectivity index is 2.35. The molecule has 1 saturated carbocycles. The van der Waals surface area contributed by atoms with E-state index in [2.05, 4.69) is 10.0 Å². The Morgan fingerprint density at radius 2 is 1.95 bits per heavy atom. The second-order valence-electron chi connectivity index (χ2n) is 4.85. The van der Waals surface area contributed by atoms with E-state index >= 15 is 0 Å². The highest BCUT2D eigenvalue weighted by atomic mass is 32.2. The van der Waals surface area contributed by atoms with Crippen molar-refractivity contribution in [2.45, 2.75) is 36.6 Å². The summed E-state index contributed by atoms with van der Waals surface area (Å²) in [6, 6.07) is 4.38. The van der Waals surface area contributed by atoms with Crippen molar-refractivity contribution in [2.24, 2.45) is 0 Å². The Morgan fingerprint density at radius 1 is 1.30 bits per heavy atom. The highest BCUT2D eigenvalue weighted by molar-refractivity contribution is 7.89. The van der Waals surface area contributed by atoms with Gasteiger partial charge in [0.25, 0.3) is 0 Å². The minimum absolute atomic E-state index is 0.0202. The number of carboxylic acid groups (broad SMARTS) is 1. The van der Waals surface area contributed by atoms with Gasteiger partial charge in [-0.05, 0) is 38.1 Å². The van der Waals surface area contributed by atoms with Crippen LogP contribution in [0.3, 0.4) is 0 Å². The standard InChI is InChI=1S/C13H18N2O4S/c1-14-20(18,19)10-6-7-12(11(8-10)13(16)17)15-9-4-2-3-5-9/h6-9,14-15H,2-5H2,1H3,(H,16,17). The van der Waals surface area contributed by atoms with E-state index in [9.17, 15) is 18.3 Å². The molecule has 0 atom stereocenters. The van der Waals surface area contributed by atoms with Crippen molar-refractivity contribution in [3.05, 3.63) is 23.8 Å². The van der Waals surface area contributed by atoms with Crippen molar-refractivity contribution in [2.75, 3.05) is 12.4 Å². The van der Waals surface area contributed by atoms with E-state index in [4.69, 9.17) is 0 Å². The molecule has 0 spiro atoms. The highest BCUT2D eigenvalue weighted by Gasteiger charge is 2.20. The second kappa shape index (κ2) is 5.80. The summed E-state index contributed by atoms with van der Waals surface area (Å²) in [5.41, 5.74) is 0.452. The van der Waals surface area contributed by atoms with Gasteiger partial charge in [-0.3, -0.25) is 0 Å². The van der Waals surface area contributed by atoms with Crippen LogP contribution in [0.2, 0.25) is 0 Å². The molecule has 7 heteroatoms. The van der Waals surface area contributed by atoms with Gasteiger partial charge in [-0.2, -0.15) is 0 Å². The second-order valence-corrected chi connectivity index (χ2v) is 6.73. The van der Waals surface area contributed by atoms with Gasteiger partial charge >= 0.3 is 5.97 Å². The summed E-state index contributed by atoms with van der Waals surface area (Å²) in [5.74, 6) is -1.14. The van der Waals surface area contributed by atoms with Gasteiger partial charge in [0.05, 0.1) is 10.5 Å². The third kappa shape index (κ3) is 3.10. The fourth-order valence-electron chi connectivity index (χ4n) is 2.40. The third-order valence-corrected chi connectivity index (χ3v) is 4.93. The number of sulfonamides is 1. The monoisotopic (exact) mass is 298 g/mol. The smallest absolute Gasteiger partial charge is 0.337 e. The largest absolute Gasteiger partial charge is 0.478 e. The van der Waals surface area contributed by atoms with Gasteiger partial charge < -0.3 is 10.4 Å². The normalized spacial score (nSPS) is 16.2. The van der Waals surface area contributed by atoms with Gasteiger partial charge in [0, 0.05) is 11.7 Å².